The van der Waals surface area contributed by atoms with Crippen molar-refractivity contribution in [3.05, 3.63) is 54.3 Å². The molecule has 0 radical (unpaired) electrons. The molecule has 0 spiro atoms. The van der Waals surface area contributed by atoms with Gasteiger partial charge in [0, 0.05) is 6.20 Å². The maximum Gasteiger partial charge on any atom is 0.323 e. The summed E-state index contributed by atoms with van der Waals surface area (Å²) in [5, 5.41) is 24.9. The van der Waals surface area contributed by atoms with Crippen LogP contribution in [-0.2, 0) is 35.4 Å². The molecule has 1 fully saturated rings. The fraction of sp³-hybridized carbons (Fsp3) is 0.520. The van der Waals surface area contributed by atoms with Crippen LogP contribution >= 0.6 is 6.64 Å². The van der Waals surface area contributed by atoms with Gasteiger partial charge in [0.1, 0.15) is 29.6 Å². The number of hydrogen-bond donors (Lipinski definition) is 3. The maximum atomic E-state index is 12.7. The normalized spacial score (nSPS) is 28.6. The zero-order valence-corrected chi connectivity index (χ0v) is 23.3. The Morgan fingerprint density at radius 2 is 2.00 bits per heavy atom. The Hall–Kier alpha value is -2.11. The van der Waals surface area contributed by atoms with E-state index in [1.807, 2.05) is 6.07 Å². The molecule has 2 heterocycles. The lowest BCUT2D eigenvalue weighted by Gasteiger charge is -2.36. The van der Waals surface area contributed by atoms with Crippen LogP contribution in [0.15, 0.2) is 54.3 Å². The molecule has 0 aromatic heterocycles. The molecule has 10 nitrogen and oxygen atoms in total. The van der Waals surface area contributed by atoms with Crippen LogP contribution in [0.4, 0.5) is 0 Å². The van der Waals surface area contributed by atoms with Crippen molar-refractivity contribution in [3.8, 4) is 5.75 Å². The zero-order valence-electron chi connectivity index (χ0n) is 21.6. The van der Waals surface area contributed by atoms with E-state index in [1.165, 1.54) is 11.8 Å². The van der Waals surface area contributed by atoms with Crippen molar-refractivity contribution in [1.82, 2.24) is 9.99 Å². The summed E-state index contributed by atoms with van der Waals surface area (Å²) >= 11 is 5.69. The molecule has 204 valence electrons. The first-order valence-electron chi connectivity index (χ1n) is 11.9. The molecule has 2 aliphatic heterocycles. The number of rotatable bonds is 10. The van der Waals surface area contributed by atoms with E-state index in [0.29, 0.717) is 11.3 Å². The van der Waals surface area contributed by atoms with Crippen LogP contribution in [0.2, 0.25) is 0 Å². The second kappa shape index (κ2) is 11.7. The highest BCUT2D eigenvalue weighted by molar-refractivity contribution is 8.09. The van der Waals surface area contributed by atoms with E-state index in [0.717, 1.165) is 5.57 Å². The van der Waals surface area contributed by atoms with Crippen LogP contribution in [0.3, 0.4) is 0 Å². The zero-order chi connectivity index (χ0) is 27.5. The maximum absolute atomic E-state index is 12.7. The molecule has 0 bridgehead atoms. The molecule has 2 aliphatic rings. The topological polar surface area (TPSA) is 127 Å². The highest BCUT2D eigenvalue weighted by Crippen LogP contribution is 2.47. The first-order chi connectivity index (χ1) is 17.2. The molecule has 3 rings (SSSR count). The molecule has 0 saturated carbocycles. The van der Waals surface area contributed by atoms with Gasteiger partial charge in [0.05, 0.1) is 19.1 Å². The summed E-state index contributed by atoms with van der Waals surface area (Å²) in [5.41, 5.74) is -0.357. The molecule has 12 heteroatoms. The highest BCUT2D eigenvalue weighted by atomic mass is 32.5. The number of aliphatic hydroxyl groups excluding tert-OH is 1. The summed E-state index contributed by atoms with van der Waals surface area (Å²) in [5.74, 6) is -0.427. The predicted molar refractivity (Wildman–Crippen MR) is 141 cm³/mol. The van der Waals surface area contributed by atoms with Gasteiger partial charge in [-0.05, 0) is 69.7 Å². The van der Waals surface area contributed by atoms with E-state index >= 15 is 0 Å². The summed E-state index contributed by atoms with van der Waals surface area (Å²) in [6, 6.07) is 7.86. The number of allylic oxidation sites excluding steroid dienone is 1. The number of esters is 1. The Morgan fingerprint density at radius 3 is 2.62 bits per heavy atom. The summed E-state index contributed by atoms with van der Waals surface area (Å²) in [6.45, 7) is 8.43. The second-order valence-electron chi connectivity index (χ2n) is 9.63. The summed E-state index contributed by atoms with van der Waals surface area (Å²) in [4.78, 5) is 26.3. The number of amides is 1. The van der Waals surface area contributed by atoms with Crippen molar-refractivity contribution in [2.45, 2.75) is 77.2 Å². The minimum atomic E-state index is -3.39. The van der Waals surface area contributed by atoms with E-state index in [9.17, 15) is 19.8 Å². The standard InChI is InChI=1S/C25H35N2O8PS/c1-15(2)33-23(30)18(5)26-36(37,35-19-10-8-7-9-11-19)32-14-20-22(29)25(6,31)24(34-20)27-13-17(4)16(3)12-21(27)28/h7-11,13,15,18,20,22,24,29,31H,3,12,14H2,1-2,4-6H3,(H,26,37)/t18?,20-,22-,24-,25-,36?/m1/s1. The van der Waals surface area contributed by atoms with Gasteiger partial charge in [-0.1, -0.05) is 24.8 Å². The van der Waals surface area contributed by atoms with Crippen molar-refractivity contribution in [2.24, 2.45) is 0 Å². The average Bonchev–Trinajstić information content (AvgIpc) is 3.03. The van der Waals surface area contributed by atoms with Gasteiger partial charge in [0.15, 0.2) is 6.23 Å². The SMILES string of the molecule is C=C1CC(=O)N([C@@H]2O[C@H](COP(=S)(NC(C)C(=O)OC(C)C)Oc3ccccc3)[C@@H](O)[C@@]2(C)O)C=C1C. The van der Waals surface area contributed by atoms with Gasteiger partial charge in [0.25, 0.3) is 0 Å². The van der Waals surface area contributed by atoms with Crippen molar-refractivity contribution in [2.75, 3.05) is 6.61 Å². The molecule has 1 amide bonds. The number of para-hydroxylation sites is 1. The summed E-state index contributed by atoms with van der Waals surface area (Å²) in [6.07, 6.45) is -2.31. The van der Waals surface area contributed by atoms with E-state index < -0.39 is 42.7 Å². The molecular weight excluding hydrogens is 519 g/mol. The fourth-order valence-electron chi connectivity index (χ4n) is 3.87. The molecule has 37 heavy (non-hydrogen) atoms. The minimum Gasteiger partial charge on any atom is -0.462 e. The third-order valence-electron chi connectivity index (χ3n) is 5.99. The van der Waals surface area contributed by atoms with E-state index in [2.05, 4.69) is 11.7 Å². The Balaban J connectivity index is 1.78. The molecule has 6 atom stereocenters. The summed E-state index contributed by atoms with van der Waals surface area (Å²) in [7, 11) is 0. The smallest absolute Gasteiger partial charge is 0.323 e. The summed E-state index contributed by atoms with van der Waals surface area (Å²) < 4.78 is 23.1. The average molecular weight is 555 g/mol. The van der Waals surface area contributed by atoms with Crippen LogP contribution < -0.4 is 9.61 Å². The molecule has 0 aliphatic carbocycles. The van der Waals surface area contributed by atoms with Crippen molar-refractivity contribution >= 4 is 30.3 Å². The Morgan fingerprint density at radius 1 is 1.35 bits per heavy atom. The Labute approximate surface area is 222 Å². The van der Waals surface area contributed by atoms with Crippen LogP contribution in [0.25, 0.3) is 0 Å². The van der Waals surface area contributed by atoms with Crippen molar-refractivity contribution in [1.29, 1.82) is 0 Å². The number of nitrogens with zero attached hydrogens (tertiary/aromatic N) is 1. The fourth-order valence-corrected chi connectivity index (χ4v) is 6.28. The van der Waals surface area contributed by atoms with Gasteiger partial charge < -0.3 is 28.7 Å². The van der Waals surface area contributed by atoms with E-state index in [1.54, 1.807) is 58.2 Å². The quantitative estimate of drug-likeness (QED) is 0.294. The minimum absolute atomic E-state index is 0.0789. The van der Waals surface area contributed by atoms with Gasteiger partial charge in [-0.2, -0.15) is 0 Å². The van der Waals surface area contributed by atoms with Crippen LogP contribution in [0, 0.1) is 0 Å². The number of carbonyl (C=O) groups is 2. The number of hydrogen-bond acceptors (Lipinski definition) is 9. The third kappa shape index (κ3) is 7.06. The van der Waals surface area contributed by atoms with Crippen LogP contribution in [0.1, 0.15) is 41.0 Å². The molecular formula is C25H35N2O8PS. The highest BCUT2D eigenvalue weighted by Gasteiger charge is 2.56. The lowest BCUT2D eigenvalue weighted by molar-refractivity contribution is -0.156. The van der Waals surface area contributed by atoms with E-state index in [-0.39, 0.29) is 25.0 Å². The van der Waals surface area contributed by atoms with Gasteiger partial charge in [0.2, 0.25) is 5.91 Å². The Bertz CT molecular complexity index is 1090. The third-order valence-corrected chi connectivity index (χ3v) is 8.48. The molecule has 2 unspecified atom stereocenters. The molecule has 1 aromatic carbocycles. The number of benzene rings is 1. The molecule has 1 saturated heterocycles. The molecule has 1 aromatic rings. The largest absolute Gasteiger partial charge is 0.462 e. The van der Waals surface area contributed by atoms with Crippen LogP contribution in [-0.4, -0.2) is 69.8 Å². The number of ether oxygens (including phenoxy) is 2. The van der Waals surface area contributed by atoms with Gasteiger partial charge >= 0.3 is 12.6 Å². The van der Waals surface area contributed by atoms with Crippen molar-refractivity contribution in [3.63, 3.8) is 0 Å². The van der Waals surface area contributed by atoms with Gasteiger partial charge in [-0.15, -0.1) is 0 Å². The van der Waals surface area contributed by atoms with Gasteiger partial charge in [-0.25, -0.2) is 5.09 Å². The monoisotopic (exact) mass is 554 g/mol. The first kappa shape index (κ1) is 29.4. The second-order valence-corrected chi connectivity index (χ2v) is 12.8. The number of aliphatic hydroxyl groups is 2. The van der Waals surface area contributed by atoms with Crippen molar-refractivity contribution < 1.29 is 38.3 Å². The van der Waals surface area contributed by atoms with E-state index in [4.69, 9.17) is 30.3 Å². The molecule has 3 N–H and O–H groups in total. The number of nitrogens with one attached hydrogen (secondary N) is 1. The van der Waals surface area contributed by atoms with Gasteiger partial charge in [-0.3, -0.25) is 14.5 Å². The first-order valence-corrected chi connectivity index (χ1v) is 14.6. The Kier molecular flexibility index (Phi) is 9.34. The van der Waals surface area contributed by atoms with Crippen LogP contribution in [0.5, 0.6) is 5.75 Å². The lowest BCUT2D eigenvalue weighted by atomic mass is 9.94. The number of carbonyl (C=O) groups excluding carboxylic acids is 2. The predicted octanol–water partition coefficient (Wildman–Crippen LogP) is 2.77. The lowest BCUT2D eigenvalue weighted by Crippen LogP contribution is -2.53.